The third-order valence-electron chi connectivity index (χ3n) is 6.28. The van der Waals surface area contributed by atoms with E-state index in [4.69, 9.17) is 23.2 Å². The molecule has 0 unspecified atom stereocenters. The summed E-state index contributed by atoms with van der Waals surface area (Å²) in [5, 5.41) is 4.17. The number of benzene rings is 1. The maximum Gasteiger partial charge on any atom is 0.253 e. The van der Waals surface area contributed by atoms with Crippen molar-refractivity contribution in [2.45, 2.75) is 46.1 Å². The molecule has 21 heavy (non-hydrogen) atoms. The summed E-state index contributed by atoms with van der Waals surface area (Å²) in [5.74, 6) is 0.611. The Morgan fingerprint density at radius 3 is 2.52 bits per heavy atom. The zero-order valence-electron chi connectivity index (χ0n) is 12.7. The summed E-state index contributed by atoms with van der Waals surface area (Å²) in [6, 6.07) is 5.24. The Kier molecular flexibility index (Phi) is 3.53. The van der Waals surface area contributed by atoms with Gasteiger partial charge in [-0.3, -0.25) is 4.79 Å². The highest BCUT2D eigenvalue weighted by atomic mass is 35.5. The summed E-state index contributed by atoms with van der Waals surface area (Å²) in [4.78, 5) is 12.5. The fraction of sp³-hybridized carbons (Fsp3) is 0.588. The molecular formula is C17H21Cl2NO. The lowest BCUT2D eigenvalue weighted by molar-refractivity contribution is 0.0826. The van der Waals surface area contributed by atoms with Gasteiger partial charge in [-0.1, -0.05) is 44.0 Å². The van der Waals surface area contributed by atoms with Crippen molar-refractivity contribution >= 4 is 29.1 Å². The van der Waals surface area contributed by atoms with Crippen molar-refractivity contribution in [3.8, 4) is 0 Å². The minimum atomic E-state index is -0.0914. The number of nitrogens with one attached hydrogen (secondary N) is 1. The molecule has 4 heteroatoms. The normalized spacial score (nSPS) is 33.2. The molecule has 2 nitrogen and oxygen atoms in total. The van der Waals surface area contributed by atoms with E-state index >= 15 is 0 Å². The van der Waals surface area contributed by atoms with Gasteiger partial charge in [-0.15, -0.1) is 0 Å². The molecule has 0 aromatic heterocycles. The molecule has 1 aromatic rings. The van der Waals surface area contributed by atoms with Crippen LogP contribution in [-0.2, 0) is 0 Å². The molecule has 2 fully saturated rings. The first kappa shape index (κ1) is 15.2. The van der Waals surface area contributed by atoms with Crippen molar-refractivity contribution in [1.82, 2.24) is 5.32 Å². The maximum absolute atomic E-state index is 12.5. The van der Waals surface area contributed by atoms with Gasteiger partial charge in [-0.25, -0.2) is 0 Å². The van der Waals surface area contributed by atoms with Crippen LogP contribution < -0.4 is 5.32 Å². The average molecular weight is 326 g/mol. The summed E-state index contributed by atoms with van der Waals surface area (Å²) in [7, 11) is 0. The van der Waals surface area contributed by atoms with Crippen LogP contribution in [0.3, 0.4) is 0 Å². The molecule has 1 N–H and O–H groups in total. The molecule has 114 valence electrons. The van der Waals surface area contributed by atoms with E-state index in [0.29, 0.717) is 21.5 Å². The Morgan fingerprint density at radius 1 is 1.29 bits per heavy atom. The van der Waals surface area contributed by atoms with Crippen molar-refractivity contribution in [3.63, 3.8) is 0 Å². The van der Waals surface area contributed by atoms with Gasteiger partial charge in [0.25, 0.3) is 5.91 Å². The fourth-order valence-electron chi connectivity index (χ4n) is 4.33. The van der Waals surface area contributed by atoms with Crippen molar-refractivity contribution in [3.05, 3.63) is 33.8 Å². The molecule has 0 aliphatic heterocycles. The van der Waals surface area contributed by atoms with Crippen LogP contribution in [-0.4, -0.2) is 11.9 Å². The van der Waals surface area contributed by atoms with E-state index in [1.165, 1.54) is 12.8 Å². The highest BCUT2D eigenvalue weighted by Crippen LogP contribution is 2.65. The lowest BCUT2D eigenvalue weighted by Crippen LogP contribution is -2.46. The SMILES string of the molecule is CC1(C)[C@H]2CC[C@@]1(C)[C@@H](NC(=O)c1ccc(Cl)cc1Cl)C2. The minimum Gasteiger partial charge on any atom is -0.349 e. The summed E-state index contributed by atoms with van der Waals surface area (Å²) >= 11 is 12.0. The first-order chi connectivity index (χ1) is 9.75. The first-order valence-electron chi connectivity index (χ1n) is 7.51. The summed E-state index contributed by atoms with van der Waals surface area (Å²) < 4.78 is 0. The van der Waals surface area contributed by atoms with Crippen LogP contribution in [0.4, 0.5) is 0 Å². The third-order valence-corrected chi connectivity index (χ3v) is 6.82. The van der Waals surface area contributed by atoms with Crippen LogP contribution in [0.15, 0.2) is 18.2 Å². The third kappa shape index (κ3) is 2.19. The topological polar surface area (TPSA) is 29.1 Å². The second-order valence-corrected chi connectivity index (χ2v) is 8.10. The predicted octanol–water partition coefficient (Wildman–Crippen LogP) is 4.94. The van der Waals surface area contributed by atoms with Gasteiger partial charge < -0.3 is 5.32 Å². The van der Waals surface area contributed by atoms with E-state index < -0.39 is 0 Å². The number of carbonyl (C=O) groups excluding carboxylic acids is 1. The van der Waals surface area contributed by atoms with Crippen molar-refractivity contribution < 1.29 is 4.79 Å². The standard InChI is InChI=1S/C17H21Cl2NO/c1-16(2)10-6-7-17(16,3)14(8-10)20-15(21)12-5-4-11(18)9-13(12)19/h4-5,9-10,14H,6-8H2,1-3H3,(H,20,21)/t10-,14-,17-/m0/s1. The number of halogens is 2. The van der Waals surface area contributed by atoms with Gasteiger partial charge in [0.15, 0.2) is 0 Å². The van der Waals surface area contributed by atoms with Gasteiger partial charge in [-0.05, 0) is 54.2 Å². The molecule has 2 bridgehead atoms. The highest BCUT2D eigenvalue weighted by Gasteiger charge is 2.61. The van der Waals surface area contributed by atoms with E-state index in [-0.39, 0.29) is 22.8 Å². The number of amides is 1. The first-order valence-corrected chi connectivity index (χ1v) is 8.27. The van der Waals surface area contributed by atoms with Crippen LogP contribution in [0, 0.1) is 16.7 Å². The van der Waals surface area contributed by atoms with Gasteiger partial charge in [0.05, 0.1) is 10.6 Å². The second-order valence-electron chi connectivity index (χ2n) is 7.26. The predicted molar refractivity (Wildman–Crippen MR) is 86.9 cm³/mol. The highest BCUT2D eigenvalue weighted by molar-refractivity contribution is 6.36. The molecule has 0 heterocycles. The molecule has 2 saturated carbocycles. The molecule has 1 amide bonds. The Balaban J connectivity index is 1.80. The number of hydrogen-bond acceptors (Lipinski definition) is 1. The van der Waals surface area contributed by atoms with Crippen LogP contribution in [0.2, 0.25) is 10.0 Å². The Morgan fingerprint density at radius 2 is 2.00 bits per heavy atom. The quantitative estimate of drug-likeness (QED) is 0.819. The molecule has 2 aliphatic carbocycles. The van der Waals surface area contributed by atoms with E-state index in [9.17, 15) is 4.79 Å². The minimum absolute atomic E-state index is 0.0914. The molecule has 1 aromatic carbocycles. The Hall–Kier alpha value is -0.730. The molecular weight excluding hydrogens is 305 g/mol. The molecule has 0 spiro atoms. The van der Waals surface area contributed by atoms with Crippen LogP contribution in [0.25, 0.3) is 0 Å². The summed E-state index contributed by atoms with van der Waals surface area (Å²) in [5.41, 5.74) is 0.964. The molecule has 0 radical (unpaired) electrons. The van der Waals surface area contributed by atoms with Crippen LogP contribution >= 0.6 is 23.2 Å². The second kappa shape index (κ2) is 4.89. The number of fused-ring (bicyclic) bond motifs is 2. The lowest BCUT2D eigenvalue weighted by Gasteiger charge is -2.39. The van der Waals surface area contributed by atoms with Crippen molar-refractivity contribution in [2.75, 3.05) is 0 Å². The van der Waals surface area contributed by atoms with Gasteiger partial charge in [-0.2, -0.15) is 0 Å². The average Bonchev–Trinajstić information content (AvgIpc) is 2.71. The number of hydrogen-bond donors (Lipinski definition) is 1. The van der Waals surface area contributed by atoms with Gasteiger partial charge in [0.2, 0.25) is 0 Å². The van der Waals surface area contributed by atoms with E-state index in [2.05, 4.69) is 26.1 Å². The zero-order chi connectivity index (χ0) is 15.4. The van der Waals surface area contributed by atoms with Gasteiger partial charge in [0.1, 0.15) is 0 Å². The smallest absolute Gasteiger partial charge is 0.253 e. The van der Waals surface area contributed by atoms with Crippen molar-refractivity contribution in [2.24, 2.45) is 16.7 Å². The zero-order valence-corrected chi connectivity index (χ0v) is 14.2. The molecule has 2 aliphatic rings. The largest absolute Gasteiger partial charge is 0.349 e. The monoisotopic (exact) mass is 325 g/mol. The maximum atomic E-state index is 12.5. The lowest BCUT2D eigenvalue weighted by atomic mass is 9.69. The van der Waals surface area contributed by atoms with E-state index in [0.717, 1.165) is 6.42 Å². The molecule has 0 saturated heterocycles. The van der Waals surface area contributed by atoms with Crippen LogP contribution in [0.5, 0.6) is 0 Å². The van der Waals surface area contributed by atoms with Gasteiger partial charge in [0, 0.05) is 11.1 Å². The summed E-state index contributed by atoms with van der Waals surface area (Å²) in [6.45, 7) is 6.99. The van der Waals surface area contributed by atoms with Gasteiger partial charge >= 0.3 is 0 Å². The van der Waals surface area contributed by atoms with Crippen LogP contribution in [0.1, 0.15) is 50.4 Å². The fourth-order valence-corrected chi connectivity index (χ4v) is 4.83. The molecule has 3 atom stereocenters. The van der Waals surface area contributed by atoms with E-state index in [1.54, 1.807) is 18.2 Å². The Labute approximate surface area is 136 Å². The van der Waals surface area contributed by atoms with Crippen molar-refractivity contribution in [1.29, 1.82) is 0 Å². The Bertz CT molecular complexity index is 598. The van der Waals surface area contributed by atoms with E-state index in [1.807, 2.05) is 0 Å². The molecule has 3 rings (SSSR count). The number of carbonyl (C=O) groups is 1. The summed E-state index contributed by atoms with van der Waals surface area (Å²) in [6.07, 6.45) is 3.53. The number of rotatable bonds is 2.